The predicted molar refractivity (Wildman–Crippen MR) is 112 cm³/mol. The minimum Gasteiger partial charge on any atom is -0.481 e. The zero-order chi connectivity index (χ0) is 23.2. The van der Waals surface area contributed by atoms with Crippen molar-refractivity contribution < 1.29 is 32.7 Å². The molecule has 6 nitrogen and oxygen atoms in total. The lowest BCUT2D eigenvalue weighted by Gasteiger charge is -2.17. The van der Waals surface area contributed by atoms with Crippen molar-refractivity contribution in [3.05, 3.63) is 53.1 Å². The zero-order valence-corrected chi connectivity index (χ0v) is 17.7. The first-order chi connectivity index (χ1) is 14.5. The Morgan fingerprint density at radius 2 is 1.71 bits per heavy atom. The Morgan fingerprint density at radius 1 is 1.06 bits per heavy atom. The van der Waals surface area contributed by atoms with Gasteiger partial charge in [-0.05, 0) is 49.4 Å². The molecule has 1 unspecified atom stereocenters. The summed E-state index contributed by atoms with van der Waals surface area (Å²) < 4.78 is 39.5. The van der Waals surface area contributed by atoms with Crippen molar-refractivity contribution >= 4 is 52.5 Å². The van der Waals surface area contributed by atoms with Crippen LogP contribution in [-0.2, 0) is 20.6 Å². The second-order valence-corrected chi connectivity index (χ2v) is 8.25. The Hall–Kier alpha value is -2.72. The van der Waals surface area contributed by atoms with Crippen LogP contribution in [0.4, 0.5) is 24.5 Å². The number of carboxylic acids is 1. The lowest BCUT2D eigenvalue weighted by atomic mass is 10.1. The van der Waals surface area contributed by atoms with E-state index in [1.165, 1.54) is 6.07 Å². The van der Waals surface area contributed by atoms with Crippen molar-refractivity contribution in [2.24, 2.45) is 0 Å². The third-order valence-corrected chi connectivity index (χ3v) is 5.28. The van der Waals surface area contributed by atoms with Crippen LogP contribution in [0.5, 0.6) is 0 Å². The van der Waals surface area contributed by atoms with Crippen LogP contribution in [-0.4, -0.2) is 28.1 Å². The monoisotopic (exact) mass is 474 g/mol. The van der Waals surface area contributed by atoms with E-state index in [1.807, 2.05) is 0 Å². The highest BCUT2D eigenvalue weighted by Gasteiger charge is 2.34. The maximum atomic E-state index is 13.2. The molecule has 0 aliphatic heterocycles. The summed E-state index contributed by atoms with van der Waals surface area (Å²) in [7, 11) is 0. The molecule has 2 aromatic rings. The van der Waals surface area contributed by atoms with E-state index in [1.54, 1.807) is 31.2 Å². The van der Waals surface area contributed by atoms with Gasteiger partial charge in [0.25, 0.3) is 0 Å². The molecule has 0 aliphatic rings. The molecule has 0 radical (unpaired) electrons. The Morgan fingerprint density at radius 3 is 2.29 bits per heavy atom. The van der Waals surface area contributed by atoms with E-state index in [9.17, 15) is 27.6 Å². The Bertz CT molecular complexity index is 968. The number of benzene rings is 2. The number of nitrogens with one attached hydrogen (secondary N) is 2. The van der Waals surface area contributed by atoms with E-state index in [0.29, 0.717) is 10.6 Å². The van der Waals surface area contributed by atoms with Gasteiger partial charge >= 0.3 is 12.1 Å². The van der Waals surface area contributed by atoms with E-state index in [0.717, 1.165) is 23.9 Å². The fourth-order valence-electron chi connectivity index (χ4n) is 2.41. The van der Waals surface area contributed by atoms with Gasteiger partial charge in [0, 0.05) is 22.0 Å². The first-order valence-corrected chi connectivity index (χ1v) is 10.2. The third kappa shape index (κ3) is 7.80. The molecule has 2 amide bonds. The van der Waals surface area contributed by atoms with Crippen LogP contribution >= 0.6 is 23.4 Å². The molecule has 2 rings (SSSR count). The van der Waals surface area contributed by atoms with Crippen molar-refractivity contribution in [3.63, 3.8) is 0 Å². The number of halogens is 4. The largest absolute Gasteiger partial charge is 0.481 e. The van der Waals surface area contributed by atoms with Gasteiger partial charge in [0.15, 0.2) is 0 Å². The predicted octanol–water partition coefficient (Wildman–Crippen LogP) is 5.28. The van der Waals surface area contributed by atoms with Gasteiger partial charge in [0.05, 0.1) is 22.9 Å². The van der Waals surface area contributed by atoms with Crippen LogP contribution < -0.4 is 10.6 Å². The highest BCUT2D eigenvalue weighted by atomic mass is 35.5. The van der Waals surface area contributed by atoms with Crippen molar-refractivity contribution in [2.45, 2.75) is 36.1 Å². The average Bonchev–Trinajstić information content (AvgIpc) is 2.68. The number of anilines is 2. The standard InChI is InChI=1S/C20H18ClF3N2O4S/c1-11(19(30)26-16-7-2-12(21)10-15(16)20(22,23)24)31-14-5-3-13(4-6-14)25-17(27)8-9-18(28)29/h2-7,10-11H,8-9H2,1H3,(H,25,27)(H,26,30)(H,28,29). The molecule has 0 aromatic heterocycles. The molecule has 0 bridgehead atoms. The number of carbonyl (C=O) groups is 3. The maximum Gasteiger partial charge on any atom is 0.418 e. The molecule has 2 aromatic carbocycles. The fraction of sp³-hybridized carbons (Fsp3) is 0.250. The minimum absolute atomic E-state index is 0.0945. The zero-order valence-electron chi connectivity index (χ0n) is 16.1. The van der Waals surface area contributed by atoms with Crippen LogP contribution in [0.25, 0.3) is 0 Å². The van der Waals surface area contributed by atoms with Gasteiger partial charge in [-0.2, -0.15) is 13.2 Å². The van der Waals surface area contributed by atoms with Crippen LogP contribution in [0.1, 0.15) is 25.3 Å². The Kier molecular flexibility index (Phi) is 8.35. The SMILES string of the molecule is CC(Sc1ccc(NC(=O)CCC(=O)O)cc1)C(=O)Nc1ccc(Cl)cc1C(F)(F)F. The molecule has 166 valence electrons. The van der Waals surface area contributed by atoms with Gasteiger partial charge in [0.1, 0.15) is 0 Å². The summed E-state index contributed by atoms with van der Waals surface area (Å²) in [6.45, 7) is 1.55. The highest BCUT2D eigenvalue weighted by molar-refractivity contribution is 8.00. The van der Waals surface area contributed by atoms with E-state index in [4.69, 9.17) is 16.7 Å². The van der Waals surface area contributed by atoms with Gasteiger partial charge in [-0.3, -0.25) is 14.4 Å². The second-order valence-electron chi connectivity index (χ2n) is 6.40. The van der Waals surface area contributed by atoms with Crippen molar-refractivity contribution in [1.29, 1.82) is 0 Å². The highest BCUT2D eigenvalue weighted by Crippen LogP contribution is 2.37. The van der Waals surface area contributed by atoms with Crippen LogP contribution in [0, 0.1) is 0 Å². The molecular formula is C20H18ClF3N2O4S. The van der Waals surface area contributed by atoms with Gasteiger partial charge in [0.2, 0.25) is 11.8 Å². The second kappa shape index (κ2) is 10.5. The number of thioether (sulfide) groups is 1. The smallest absolute Gasteiger partial charge is 0.418 e. The summed E-state index contributed by atoms with van der Waals surface area (Å²) in [5, 5.41) is 12.6. The van der Waals surface area contributed by atoms with Gasteiger partial charge in [-0.25, -0.2) is 0 Å². The molecule has 0 saturated carbocycles. The topological polar surface area (TPSA) is 95.5 Å². The number of rotatable bonds is 8. The summed E-state index contributed by atoms with van der Waals surface area (Å²) in [6.07, 6.45) is -5.11. The lowest BCUT2D eigenvalue weighted by molar-refractivity contribution is -0.138. The summed E-state index contributed by atoms with van der Waals surface area (Å²) in [5.41, 5.74) is -0.963. The number of hydrogen-bond donors (Lipinski definition) is 3. The summed E-state index contributed by atoms with van der Waals surface area (Å²) >= 11 is 6.76. The van der Waals surface area contributed by atoms with Crippen molar-refractivity contribution in [2.75, 3.05) is 10.6 Å². The maximum absolute atomic E-state index is 13.2. The van der Waals surface area contributed by atoms with Crippen molar-refractivity contribution in [1.82, 2.24) is 0 Å². The average molecular weight is 475 g/mol. The third-order valence-electron chi connectivity index (χ3n) is 3.93. The van der Waals surface area contributed by atoms with E-state index < -0.39 is 34.8 Å². The first-order valence-electron chi connectivity index (χ1n) is 8.91. The molecule has 0 heterocycles. The summed E-state index contributed by atoms with van der Waals surface area (Å²) in [4.78, 5) is 35.2. The number of hydrogen-bond acceptors (Lipinski definition) is 4. The van der Waals surface area contributed by atoms with Gasteiger partial charge < -0.3 is 15.7 Å². The quantitative estimate of drug-likeness (QED) is 0.452. The number of alkyl halides is 3. The molecule has 0 aliphatic carbocycles. The number of amides is 2. The van der Waals surface area contributed by atoms with Gasteiger partial charge in [-0.1, -0.05) is 11.6 Å². The fourth-order valence-corrected chi connectivity index (χ4v) is 3.45. The number of aliphatic carboxylic acids is 1. The van der Waals surface area contributed by atoms with Crippen LogP contribution in [0.15, 0.2) is 47.4 Å². The van der Waals surface area contributed by atoms with Crippen LogP contribution in [0.3, 0.4) is 0 Å². The molecule has 0 spiro atoms. The molecule has 3 N–H and O–H groups in total. The number of carboxylic acid groups (broad SMARTS) is 1. The molecular weight excluding hydrogens is 457 g/mol. The molecule has 0 saturated heterocycles. The Labute approximate surface area is 185 Å². The minimum atomic E-state index is -4.67. The van der Waals surface area contributed by atoms with E-state index in [2.05, 4.69) is 10.6 Å². The normalized spacial score (nSPS) is 12.2. The molecule has 11 heteroatoms. The lowest BCUT2D eigenvalue weighted by Crippen LogP contribution is -2.24. The van der Waals surface area contributed by atoms with E-state index >= 15 is 0 Å². The van der Waals surface area contributed by atoms with Crippen molar-refractivity contribution in [3.8, 4) is 0 Å². The van der Waals surface area contributed by atoms with Crippen LogP contribution in [0.2, 0.25) is 5.02 Å². The molecule has 1 atom stereocenters. The van der Waals surface area contributed by atoms with E-state index in [-0.39, 0.29) is 23.6 Å². The molecule has 0 fully saturated rings. The molecule has 31 heavy (non-hydrogen) atoms. The Balaban J connectivity index is 1.98. The number of carbonyl (C=O) groups excluding carboxylic acids is 2. The summed E-state index contributed by atoms with van der Waals surface area (Å²) in [6, 6.07) is 9.52. The van der Waals surface area contributed by atoms with Gasteiger partial charge in [-0.15, -0.1) is 11.8 Å². The summed E-state index contributed by atoms with van der Waals surface area (Å²) in [5.74, 6) is -2.14. The first kappa shape index (κ1) is 24.5.